The van der Waals surface area contributed by atoms with Crippen LogP contribution in [0.3, 0.4) is 0 Å². The SMILES string of the molecule is CC(C)(C)C(=O)N1CCCc2[nH]nc(C(=O)N3CCC(c4ccccc4C(F)(F)F)C(CC(C)(C)N4CCCc5[nH]nc(C(O)N6CCC(c7ccccc7C(F)(F)F)CC6)c5C4)C3)c2C1. The molecule has 11 nitrogen and oxygen atoms in total. The fourth-order valence-corrected chi connectivity index (χ4v) is 11.1. The summed E-state index contributed by atoms with van der Waals surface area (Å²) in [4.78, 5) is 35.7. The van der Waals surface area contributed by atoms with E-state index in [2.05, 4.69) is 39.1 Å². The van der Waals surface area contributed by atoms with Crippen molar-refractivity contribution in [2.24, 2.45) is 11.3 Å². The molecule has 8 rings (SSSR count). The van der Waals surface area contributed by atoms with E-state index in [1.807, 2.05) is 25.7 Å². The summed E-state index contributed by atoms with van der Waals surface area (Å²) >= 11 is 0. The second-order valence-electron chi connectivity index (χ2n) is 20.5. The molecule has 0 bridgehead atoms. The summed E-state index contributed by atoms with van der Waals surface area (Å²) in [6.07, 6.45) is -5.74. The van der Waals surface area contributed by atoms with Crippen molar-refractivity contribution >= 4 is 11.8 Å². The molecule has 358 valence electrons. The first kappa shape index (κ1) is 47.7. The van der Waals surface area contributed by atoms with Gasteiger partial charge in [0, 0.05) is 79.3 Å². The molecule has 0 saturated carbocycles. The molecule has 4 aliphatic heterocycles. The van der Waals surface area contributed by atoms with Crippen LogP contribution in [0.25, 0.3) is 0 Å². The number of rotatable bonds is 8. The largest absolute Gasteiger partial charge is 0.416 e. The minimum absolute atomic E-state index is 0.0199. The number of hydrogen-bond donors (Lipinski definition) is 3. The number of aromatic nitrogens is 4. The molecule has 3 atom stereocenters. The molecule has 2 amide bonds. The van der Waals surface area contributed by atoms with Crippen molar-refractivity contribution in [2.75, 3.05) is 39.3 Å². The van der Waals surface area contributed by atoms with E-state index in [0.29, 0.717) is 88.9 Å². The highest BCUT2D eigenvalue weighted by Crippen LogP contribution is 2.46. The molecular weight excluding hydrogens is 863 g/mol. The van der Waals surface area contributed by atoms with Crippen molar-refractivity contribution in [1.82, 2.24) is 40.0 Å². The van der Waals surface area contributed by atoms with Gasteiger partial charge < -0.3 is 14.9 Å². The molecule has 3 N–H and O–H groups in total. The van der Waals surface area contributed by atoms with Gasteiger partial charge in [0.15, 0.2) is 11.9 Å². The Kier molecular flexibility index (Phi) is 13.3. The Labute approximate surface area is 382 Å². The average Bonchev–Trinajstić information content (AvgIpc) is 3.70. The molecule has 4 aliphatic rings. The van der Waals surface area contributed by atoms with E-state index >= 15 is 0 Å². The van der Waals surface area contributed by atoms with E-state index < -0.39 is 52.5 Å². The van der Waals surface area contributed by atoms with Crippen LogP contribution < -0.4 is 0 Å². The van der Waals surface area contributed by atoms with Crippen molar-refractivity contribution in [3.8, 4) is 0 Å². The van der Waals surface area contributed by atoms with E-state index in [-0.39, 0.29) is 54.2 Å². The molecule has 0 radical (unpaired) electrons. The lowest BCUT2D eigenvalue weighted by atomic mass is 9.73. The van der Waals surface area contributed by atoms with Crippen molar-refractivity contribution in [3.05, 3.63) is 105 Å². The molecule has 66 heavy (non-hydrogen) atoms. The highest BCUT2D eigenvalue weighted by Gasteiger charge is 2.44. The van der Waals surface area contributed by atoms with Crippen LogP contribution in [-0.2, 0) is 43.1 Å². The Morgan fingerprint density at radius 3 is 1.97 bits per heavy atom. The zero-order valence-electron chi connectivity index (χ0n) is 38.5. The van der Waals surface area contributed by atoms with Gasteiger partial charge in [-0.15, -0.1) is 0 Å². The third kappa shape index (κ3) is 9.80. The van der Waals surface area contributed by atoms with Crippen molar-refractivity contribution in [3.63, 3.8) is 0 Å². The Morgan fingerprint density at radius 2 is 1.32 bits per heavy atom. The molecule has 0 spiro atoms. The molecule has 6 heterocycles. The van der Waals surface area contributed by atoms with Crippen LogP contribution >= 0.6 is 0 Å². The maximum absolute atomic E-state index is 14.7. The highest BCUT2D eigenvalue weighted by atomic mass is 19.4. The Bertz CT molecular complexity index is 2380. The van der Waals surface area contributed by atoms with Crippen LogP contribution in [-0.4, -0.2) is 102 Å². The van der Waals surface area contributed by atoms with Crippen molar-refractivity contribution < 1.29 is 41.0 Å². The smallest absolute Gasteiger partial charge is 0.372 e. The summed E-state index contributed by atoms with van der Waals surface area (Å²) in [5.41, 5.74) is 1.91. The number of nitrogens with zero attached hydrogens (tertiary/aromatic N) is 6. The van der Waals surface area contributed by atoms with Crippen LogP contribution in [0.1, 0.15) is 152 Å². The molecule has 3 unspecified atom stereocenters. The van der Waals surface area contributed by atoms with E-state index in [1.54, 1.807) is 34.1 Å². The summed E-state index contributed by atoms with van der Waals surface area (Å²) in [5.74, 6) is -1.54. The second kappa shape index (κ2) is 18.4. The predicted molar refractivity (Wildman–Crippen MR) is 236 cm³/mol. The standard InChI is InChI=1S/C49H62F6N8O3/c1-46(2,3)45(66)62-21-10-16-39-35(28-62)41(58-56-39)44(65)61-25-20-32(34-13-7-9-15-38(34)49(53,54)55)31(27-61)26-47(4,5)63-22-11-17-40-36(29-63)42(59-57-40)43(64)60-23-18-30(19-24-60)33-12-6-8-14-37(33)48(50,51)52/h6-9,12-15,30-32,43,64H,10-11,16-29H2,1-5H3,(H,56,58)(H,57,59). The van der Waals surface area contributed by atoms with Crippen molar-refractivity contribution in [1.29, 1.82) is 0 Å². The fourth-order valence-electron chi connectivity index (χ4n) is 11.1. The fraction of sp³-hybridized carbons (Fsp3) is 0.592. The lowest BCUT2D eigenvalue weighted by Crippen LogP contribution is -2.50. The van der Waals surface area contributed by atoms with Crippen LogP contribution in [0.2, 0.25) is 0 Å². The topological polar surface area (TPSA) is 125 Å². The maximum Gasteiger partial charge on any atom is 0.416 e. The zero-order valence-corrected chi connectivity index (χ0v) is 38.5. The van der Waals surface area contributed by atoms with E-state index in [9.17, 15) is 41.0 Å². The monoisotopic (exact) mass is 924 g/mol. The van der Waals surface area contributed by atoms with Crippen LogP contribution in [0, 0.1) is 11.3 Å². The van der Waals surface area contributed by atoms with Crippen molar-refractivity contribution in [2.45, 2.75) is 135 Å². The second-order valence-corrected chi connectivity index (χ2v) is 20.5. The van der Waals surface area contributed by atoms with E-state index in [0.717, 1.165) is 35.5 Å². The number of aromatic amines is 2. The number of carbonyl (C=O) groups is 2. The van der Waals surface area contributed by atoms with Gasteiger partial charge in [0.25, 0.3) is 5.91 Å². The molecule has 0 aliphatic carbocycles. The van der Waals surface area contributed by atoms with Gasteiger partial charge in [0.1, 0.15) is 5.69 Å². The van der Waals surface area contributed by atoms with Crippen LogP contribution in [0.4, 0.5) is 26.3 Å². The molecule has 17 heteroatoms. The van der Waals surface area contributed by atoms with E-state index in [4.69, 9.17) is 0 Å². The molecular formula is C49H62F6N8O3. The summed E-state index contributed by atoms with van der Waals surface area (Å²) < 4.78 is 85.6. The molecule has 4 aromatic rings. The number of likely N-dealkylation sites (tertiary alicyclic amines) is 2. The van der Waals surface area contributed by atoms with Crippen LogP contribution in [0.15, 0.2) is 48.5 Å². The summed E-state index contributed by atoms with van der Waals surface area (Å²) in [6.45, 7) is 12.8. The Balaban J connectivity index is 1.03. The summed E-state index contributed by atoms with van der Waals surface area (Å²) in [7, 11) is 0. The first-order valence-electron chi connectivity index (χ1n) is 23.3. The van der Waals surface area contributed by atoms with Gasteiger partial charge in [-0.25, -0.2) is 0 Å². The van der Waals surface area contributed by atoms with Gasteiger partial charge in [-0.3, -0.25) is 29.6 Å². The normalized spacial score (nSPS) is 21.5. The minimum atomic E-state index is -4.57. The third-order valence-corrected chi connectivity index (χ3v) is 14.6. The zero-order chi connectivity index (χ0) is 47.3. The number of H-pyrrole nitrogens is 2. The van der Waals surface area contributed by atoms with Crippen LogP contribution in [0.5, 0.6) is 0 Å². The number of aryl methyl sites for hydroxylation is 2. The number of carbonyl (C=O) groups excluding carboxylic acids is 2. The first-order chi connectivity index (χ1) is 31.1. The van der Waals surface area contributed by atoms with Gasteiger partial charge in [-0.2, -0.15) is 36.5 Å². The lowest BCUT2D eigenvalue weighted by molar-refractivity contribution is -0.140. The number of benzene rings is 2. The number of halogens is 6. The van der Waals surface area contributed by atoms with Gasteiger partial charge in [-0.1, -0.05) is 57.2 Å². The quantitative estimate of drug-likeness (QED) is 0.151. The van der Waals surface area contributed by atoms with Gasteiger partial charge in [0.2, 0.25) is 5.91 Å². The Hall–Kier alpha value is -4.74. The predicted octanol–water partition coefficient (Wildman–Crippen LogP) is 9.22. The van der Waals surface area contributed by atoms with Gasteiger partial charge in [-0.05, 0) is 113 Å². The summed E-state index contributed by atoms with van der Waals surface area (Å²) in [5, 5.41) is 27.1. The first-order valence-corrected chi connectivity index (χ1v) is 23.3. The molecule has 2 saturated heterocycles. The summed E-state index contributed by atoms with van der Waals surface area (Å²) in [6, 6.07) is 11.4. The number of amides is 2. The lowest BCUT2D eigenvalue weighted by Gasteiger charge is -2.46. The van der Waals surface area contributed by atoms with Gasteiger partial charge >= 0.3 is 12.4 Å². The number of piperidine rings is 2. The highest BCUT2D eigenvalue weighted by molar-refractivity contribution is 5.94. The number of aliphatic hydroxyl groups excluding tert-OH is 1. The molecule has 2 aromatic carbocycles. The number of alkyl halides is 6. The molecule has 2 aromatic heterocycles. The number of aliphatic hydroxyl groups is 1. The van der Waals surface area contributed by atoms with E-state index in [1.165, 1.54) is 12.1 Å². The third-order valence-electron chi connectivity index (χ3n) is 14.6. The van der Waals surface area contributed by atoms with Gasteiger partial charge in [0.05, 0.1) is 11.1 Å². The minimum Gasteiger partial charge on any atom is -0.372 e. The Morgan fingerprint density at radius 1 is 0.727 bits per heavy atom. The number of fused-ring (bicyclic) bond motifs is 2. The maximum atomic E-state index is 14.7. The number of nitrogens with one attached hydrogen (secondary N) is 2. The average molecular weight is 925 g/mol. The molecule has 2 fully saturated rings. The number of hydrogen-bond acceptors (Lipinski definition) is 7.